The topological polar surface area (TPSA) is 114 Å². The molecular weight excluding hydrogens is 338 g/mol. The summed E-state index contributed by atoms with van der Waals surface area (Å²) in [5, 5.41) is 21.6. The highest BCUT2D eigenvalue weighted by Gasteiger charge is 2.16. The third kappa shape index (κ3) is 5.62. The summed E-state index contributed by atoms with van der Waals surface area (Å²) >= 11 is 0. The molecule has 1 amide bonds. The Morgan fingerprint density at radius 3 is 2.58 bits per heavy atom. The molecule has 0 bridgehead atoms. The lowest BCUT2D eigenvalue weighted by Crippen LogP contribution is -2.37. The Kier molecular flexibility index (Phi) is 7.22. The monoisotopic (exact) mass is 361 g/mol. The summed E-state index contributed by atoms with van der Waals surface area (Å²) < 4.78 is 5.64. The second-order valence-corrected chi connectivity index (χ2v) is 5.87. The number of nitro groups is 1. The fourth-order valence-electron chi connectivity index (χ4n) is 2.40. The van der Waals surface area contributed by atoms with E-state index in [-0.39, 0.29) is 18.1 Å². The molecule has 1 aromatic carbocycles. The number of amides is 1. The molecule has 0 saturated carbocycles. The van der Waals surface area contributed by atoms with Crippen molar-refractivity contribution in [2.75, 3.05) is 19.6 Å². The van der Waals surface area contributed by atoms with E-state index in [2.05, 4.69) is 15.5 Å². The molecule has 0 aliphatic heterocycles. The minimum absolute atomic E-state index is 0.000649. The number of benzene rings is 1. The molecule has 2 aromatic rings. The number of nitro benzene ring substituents is 1. The van der Waals surface area contributed by atoms with Crippen LogP contribution in [0.15, 0.2) is 28.7 Å². The van der Waals surface area contributed by atoms with Gasteiger partial charge < -0.3 is 9.73 Å². The van der Waals surface area contributed by atoms with Crippen LogP contribution in [0.1, 0.15) is 32.6 Å². The number of nitrogens with zero attached hydrogens (tertiary/aromatic N) is 4. The summed E-state index contributed by atoms with van der Waals surface area (Å²) in [5.41, 5.74) is 0.609. The maximum absolute atomic E-state index is 11.9. The van der Waals surface area contributed by atoms with Gasteiger partial charge in [-0.1, -0.05) is 13.8 Å². The number of aromatic nitrogens is 2. The van der Waals surface area contributed by atoms with Crippen LogP contribution in [0.25, 0.3) is 11.5 Å². The Balaban J connectivity index is 2.02. The summed E-state index contributed by atoms with van der Waals surface area (Å²) in [6.07, 6.45) is 1.78. The maximum Gasteiger partial charge on any atom is 0.269 e. The fourth-order valence-corrected chi connectivity index (χ4v) is 2.40. The number of non-ortho nitro benzene ring substituents is 1. The molecule has 140 valence electrons. The first-order valence-electron chi connectivity index (χ1n) is 8.59. The lowest BCUT2D eigenvalue weighted by molar-refractivity contribution is -0.384. The predicted molar refractivity (Wildman–Crippen MR) is 95.3 cm³/mol. The summed E-state index contributed by atoms with van der Waals surface area (Å²) in [5.74, 6) is 0.660. The number of rotatable bonds is 10. The van der Waals surface area contributed by atoms with Gasteiger partial charge in [0.05, 0.1) is 18.0 Å². The van der Waals surface area contributed by atoms with Crippen LogP contribution in [0, 0.1) is 10.1 Å². The van der Waals surface area contributed by atoms with Crippen LogP contribution in [-0.4, -0.2) is 45.6 Å². The highest BCUT2D eigenvalue weighted by atomic mass is 16.6. The van der Waals surface area contributed by atoms with Gasteiger partial charge in [0.1, 0.15) is 0 Å². The van der Waals surface area contributed by atoms with Crippen LogP contribution in [-0.2, 0) is 11.3 Å². The molecular formula is C17H23N5O4. The molecule has 0 spiro atoms. The van der Waals surface area contributed by atoms with Crippen molar-refractivity contribution in [1.82, 2.24) is 20.4 Å². The lowest BCUT2D eigenvalue weighted by Gasteiger charge is -2.18. The van der Waals surface area contributed by atoms with E-state index in [1.165, 1.54) is 12.1 Å². The number of carbonyl (C=O) groups is 1. The van der Waals surface area contributed by atoms with E-state index >= 15 is 0 Å². The molecule has 1 heterocycles. The van der Waals surface area contributed by atoms with E-state index in [0.717, 1.165) is 19.4 Å². The molecule has 1 aromatic heterocycles. The normalized spacial score (nSPS) is 10.9. The second-order valence-electron chi connectivity index (χ2n) is 5.87. The van der Waals surface area contributed by atoms with E-state index in [9.17, 15) is 14.9 Å². The van der Waals surface area contributed by atoms with Gasteiger partial charge in [0.25, 0.3) is 5.69 Å². The van der Waals surface area contributed by atoms with Crippen LogP contribution in [0.5, 0.6) is 0 Å². The minimum Gasteiger partial charge on any atom is -0.419 e. The molecule has 26 heavy (non-hydrogen) atoms. The summed E-state index contributed by atoms with van der Waals surface area (Å²) in [6, 6.07) is 5.91. The van der Waals surface area contributed by atoms with Crippen molar-refractivity contribution in [1.29, 1.82) is 0 Å². The first kappa shape index (κ1) is 19.5. The maximum atomic E-state index is 11.9. The summed E-state index contributed by atoms with van der Waals surface area (Å²) in [4.78, 5) is 24.1. The van der Waals surface area contributed by atoms with Crippen LogP contribution in [0.2, 0.25) is 0 Å². The van der Waals surface area contributed by atoms with E-state index in [0.29, 0.717) is 30.4 Å². The zero-order valence-corrected chi connectivity index (χ0v) is 15.0. The quantitative estimate of drug-likeness (QED) is 0.510. The van der Waals surface area contributed by atoms with Crippen LogP contribution >= 0.6 is 0 Å². The van der Waals surface area contributed by atoms with Crippen LogP contribution in [0.3, 0.4) is 0 Å². The average molecular weight is 361 g/mol. The molecule has 0 unspecified atom stereocenters. The molecule has 0 fully saturated rings. The van der Waals surface area contributed by atoms with Crippen molar-refractivity contribution in [2.45, 2.75) is 33.2 Å². The van der Waals surface area contributed by atoms with Crippen molar-refractivity contribution in [3.63, 3.8) is 0 Å². The molecule has 9 nitrogen and oxygen atoms in total. The minimum atomic E-state index is -0.463. The zero-order valence-electron chi connectivity index (χ0n) is 15.0. The van der Waals surface area contributed by atoms with Crippen molar-refractivity contribution in [2.24, 2.45) is 0 Å². The SMILES string of the molecule is CCCNC(=O)CN(CCC)Cc1nnc(-c2ccc([N+](=O)[O-])cc2)o1. The summed E-state index contributed by atoms with van der Waals surface area (Å²) in [6.45, 7) is 6.06. The second kappa shape index (κ2) is 9.62. The first-order valence-corrected chi connectivity index (χ1v) is 8.59. The van der Waals surface area contributed by atoms with E-state index in [4.69, 9.17) is 4.42 Å². The standard InChI is InChI=1S/C17H23N5O4/c1-3-9-18-15(23)11-21(10-4-2)12-16-19-20-17(26-16)13-5-7-14(8-6-13)22(24)25/h5-8H,3-4,9-12H2,1-2H3,(H,18,23). The van der Waals surface area contributed by atoms with E-state index in [1.54, 1.807) is 12.1 Å². The van der Waals surface area contributed by atoms with Gasteiger partial charge in [-0.25, -0.2) is 0 Å². The average Bonchev–Trinajstić information content (AvgIpc) is 3.08. The molecule has 0 radical (unpaired) electrons. The first-order chi connectivity index (χ1) is 12.5. The Morgan fingerprint density at radius 2 is 1.96 bits per heavy atom. The highest BCUT2D eigenvalue weighted by Crippen LogP contribution is 2.21. The zero-order chi connectivity index (χ0) is 18.9. The number of nitrogens with one attached hydrogen (secondary N) is 1. The van der Waals surface area contributed by atoms with Gasteiger partial charge in [0.2, 0.25) is 17.7 Å². The smallest absolute Gasteiger partial charge is 0.269 e. The molecule has 0 aliphatic carbocycles. The van der Waals surface area contributed by atoms with Crippen molar-refractivity contribution in [3.05, 3.63) is 40.3 Å². The van der Waals surface area contributed by atoms with Gasteiger partial charge in [0.15, 0.2) is 0 Å². The van der Waals surface area contributed by atoms with Crippen molar-refractivity contribution in [3.8, 4) is 11.5 Å². The predicted octanol–water partition coefficient (Wildman–Crippen LogP) is 2.38. The Bertz CT molecular complexity index is 729. The molecule has 1 N–H and O–H groups in total. The van der Waals surface area contributed by atoms with Crippen LogP contribution in [0.4, 0.5) is 5.69 Å². The highest BCUT2D eigenvalue weighted by molar-refractivity contribution is 5.77. The van der Waals surface area contributed by atoms with Gasteiger partial charge >= 0.3 is 0 Å². The number of hydrogen-bond acceptors (Lipinski definition) is 7. The molecule has 0 saturated heterocycles. The van der Waals surface area contributed by atoms with E-state index < -0.39 is 4.92 Å². The Morgan fingerprint density at radius 1 is 1.23 bits per heavy atom. The van der Waals surface area contributed by atoms with Gasteiger partial charge in [-0.2, -0.15) is 0 Å². The Hall–Kier alpha value is -2.81. The van der Waals surface area contributed by atoms with Gasteiger partial charge in [-0.15, -0.1) is 10.2 Å². The van der Waals surface area contributed by atoms with Crippen LogP contribution < -0.4 is 5.32 Å². The molecule has 0 atom stereocenters. The summed E-state index contributed by atoms with van der Waals surface area (Å²) in [7, 11) is 0. The number of carbonyl (C=O) groups excluding carboxylic acids is 1. The van der Waals surface area contributed by atoms with E-state index in [1.807, 2.05) is 18.7 Å². The molecule has 9 heteroatoms. The third-order valence-electron chi connectivity index (χ3n) is 3.63. The largest absolute Gasteiger partial charge is 0.419 e. The third-order valence-corrected chi connectivity index (χ3v) is 3.63. The van der Waals surface area contributed by atoms with Gasteiger partial charge in [0, 0.05) is 24.2 Å². The van der Waals surface area contributed by atoms with Crippen molar-refractivity contribution < 1.29 is 14.1 Å². The van der Waals surface area contributed by atoms with Gasteiger partial charge in [-0.05, 0) is 31.5 Å². The molecule has 2 rings (SSSR count). The lowest BCUT2D eigenvalue weighted by atomic mass is 10.2. The number of hydrogen-bond donors (Lipinski definition) is 1. The fraction of sp³-hybridized carbons (Fsp3) is 0.471. The van der Waals surface area contributed by atoms with Gasteiger partial charge in [-0.3, -0.25) is 19.8 Å². The Labute approximate surface area is 151 Å². The van der Waals surface area contributed by atoms with Crippen molar-refractivity contribution >= 4 is 11.6 Å². The molecule has 0 aliphatic rings.